The van der Waals surface area contributed by atoms with E-state index in [1.54, 1.807) is 12.1 Å². The zero-order chi connectivity index (χ0) is 30.2. The summed E-state index contributed by atoms with van der Waals surface area (Å²) in [6, 6.07) is 7.38. The van der Waals surface area contributed by atoms with Crippen molar-refractivity contribution in [1.82, 2.24) is 0 Å². The molecule has 3 atom stereocenters. The average molecular weight is 564 g/mol. The molecule has 0 amide bonds. The predicted molar refractivity (Wildman–Crippen MR) is 174 cm³/mol. The van der Waals surface area contributed by atoms with Crippen molar-refractivity contribution in [3.63, 3.8) is 0 Å². The monoisotopic (exact) mass is 563 g/mol. The molecule has 0 radical (unpaired) electrons. The van der Waals surface area contributed by atoms with E-state index in [1.165, 1.54) is 56.9 Å². The molecule has 0 bridgehead atoms. The lowest BCUT2D eigenvalue weighted by Crippen LogP contribution is -2.37. The van der Waals surface area contributed by atoms with E-state index in [-0.39, 0.29) is 11.6 Å². The summed E-state index contributed by atoms with van der Waals surface area (Å²) in [5, 5.41) is 3.08. The van der Waals surface area contributed by atoms with Gasteiger partial charge in [-0.2, -0.15) is 0 Å². The van der Waals surface area contributed by atoms with Gasteiger partial charge >= 0.3 is 5.97 Å². The van der Waals surface area contributed by atoms with Crippen LogP contribution in [-0.4, -0.2) is 18.6 Å². The van der Waals surface area contributed by atoms with Gasteiger partial charge in [-0.25, -0.2) is 4.79 Å². The molecule has 1 N–H and O–H groups in total. The number of rotatable bonds is 15. The van der Waals surface area contributed by atoms with E-state index in [1.807, 2.05) is 26.1 Å². The first-order valence-electron chi connectivity index (χ1n) is 16.3. The van der Waals surface area contributed by atoms with E-state index < -0.39 is 0 Å². The van der Waals surface area contributed by atoms with Crippen molar-refractivity contribution in [2.45, 2.75) is 132 Å². The maximum Gasteiger partial charge on any atom is 0.343 e. The van der Waals surface area contributed by atoms with Crippen LogP contribution in [0.25, 0.3) is 0 Å². The van der Waals surface area contributed by atoms with E-state index >= 15 is 0 Å². The minimum absolute atomic E-state index is 0.144. The van der Waals surface area contributed by atoms with E-state index in [2.05, 4.69) is 53.8 Å². The van der Waals surface area contributed by atoms with Crippen molar-refractivity contribution in [1.29, 1.82) is 0 Å². The standard InChI is InChI=1S/C37H57NO3/c1-25(2)13-10-14-26(3)15-11-16-27(4)17-12-23-37(8)24-22-33-30(7)34(28(5)29(6)35(33)41-37)40-36(39)31-18-20-32(38-9)21-19-31/h18-21,25-27,38H,10-17,22-24H2,1-9H3/t26-,27-,37-/m1/s1. The van der Waals surface area contributed by atoms with Crippen LogP contribution >= 0.6 is 0 Å². The molecule has 0 saturated carbocycles. The zero-order valence-electron chi connectivity index (χ0n) is 27.5. The molecule has 0 unspecified atom stereocenters. The number of fused-ring (bicyclic) bond motifs is 1. The lowest BCUT2D eigenvalue weighted by atomic mass is 9.83. The first-order valence-corrected chi connectivity index (χ1v) is 16.3. The summed E-state index contributed by atoms with van der Waals surface area (Å²) in [7, 11) is 1.86. The number of hydrogen-bond donors (Lipinski definition) is 1. The summed E-state index contributed by atoms with van der Waals surface area (Å²) < 4.78 is 12.8. The summed E-state index contributed by atoms with van der Waals surface area (Å²) in [6.07, 6.45) is 13.7. The Morgan fingerprint density at radius 2 is 1.46 bits per heavy atom. The second-order valence-corrected chi connectivity index (χ2v) is 13.6. The maximum atomic E-state index is 13.0. The van der Waals surface area contributed by atoms with Gasteiger partial charge in [-0.05, 0) is 112 Å². The number of benzene rings is 2. The number of anilines is 1. The third-order valence-electron chi connectivity index (χ3n) is 9.44. The molecule has 1 aliphatic rings. The molecule has 0 spiro atoms. The summed E-state index contributed by atoms with van der Waals surface area (Å²) in [4.78, 5) is 13.0. The number of carbonyl (C=O) groups excluding carboxylic acids is 1. The van der Waals surface area contributed by atoms with Gasteiger partial charge in [0.15, 0.2) is 0 Å². The van der Waals surface area contributed by atoms with E-state index in [9.17, 15) is 4.79 Å². The third-order valence-corrected chi connectivity index (χ3v) is 9.44. The zero-order valence-corrected chi connectivity index (χ0v) is 27.5. The molecule has 228 valence electrons. The van der Waals surface area contributed by atoms with Crippen LogP contribution in [0.2, 0.25) is 0 Å². The number of esters is 1. The minimum atomic E-state index is -0.325. The molecule has 1 aliphatic heterocycles. The summed E-state index contributed by atoms with van der Waals surface area (Å²) in [5.74, 6) is 3.83. The number of ether oxygens (including phenoxy) is 2. The van der Waals surface area contributed by atoms with Gasteiger partial charge in [0.2, 0.25) is 0 Å². The van der Waals surface area contributed by atoms with Crippen LogP contribution in [0.1, 0.15) is 131 Å². The maximum absolute atomic E-state index is 13.0. The molecule has 4 heteroatoms. The Morgan fingerprint density at radius 3 is 2.05 bits per heavy atom. The Balaban J connectivity index is 1.53. The van der Waals surface area contributed by atoms with Crippen LogP contribution in [0.3, 0.4) is 0 Å². The predicted octanol–water partition coefficient (Wildman–Crippen LogP) is 10.4. The Bertz CT molecular complexity index is 1140. The largest absolute Gasteiger partial charge is 0.487 e. The van der Waals surface area contributed by atoms with Gasteiger partial charge in [-0.1, -0.05) is 72.6 Å². The lowest BCUT2D eigenvalue weighted by Gasteiger charge is -2.38. The summed E-state index contributed by atoms with van der Waals surface area (Å²) >= 11 is 0. The molecule has 41 heavy (non-hydrogen) atoms. The van der Waals surface area contributed by atoms with Gasteiger partial charge in [0.1, 0.15) is 17.1 Å². The molecule has 0 aromatic heterocycles. The van der Waals surface area contributed by atoms with Gasteiger partial charge < -0.3 is 14.8 Å². The number of hydrogen-bond acceptors (Lipinski definition) is 4. The molecule has 0 saturated heterocycles. The molecular weight excluding hydrogens is 506 g/mol. The highest BCUT2D eigenvalue weighted by molar-refractivity contribution is 5.92. The van der Waals surface area contributed by atoms with Gasteiger partial charge in [0, 0.05) is 18.3 Å². The van der Waals surface area contributed by atoms with Gasteiger partial charge in [-0.3, -0.25) is 0 Å². The van der Waals surface area contributed by atoms with Crippen molar-refractivity contribution in [3.8, 4) is 11.5 Å². The van der Waals surface area contributed by atoms with Gasteiger partial charge in [0.05, 0.1) is 5.56 Å². The van der Waals surface area contributed by atoms with E-state index in [4.69, 9.17) is 9.47 Å². The molecule has 0 fully saturated rings. The van der Waals surface area contributed by atoms with Crippen LogP contribution in [0.5, 0.6) is 11.5 Å². The van der Waals surface area contributed by atoms with Crippen LogP contribution in [0.15, 0.2) is 24.3 Å². The topological polar surface area (TPSA) is 47.6 Å². The third kappa shape index (κ3) is 9.25. The van der Waals surface area contributed by atoms with Crippen molar-refractivity contribution < 1.29 is 14.3 Å². The summed E-state index contributed by atoms with van der Waals surface area (Å²) in [5.41, 5.74) is 5.65. The highest BCUT2D eigenvalue weighted by atomic mass is 16.5. The van der Waals surface area contributed by atoms with Crippen LogP contribution in [0.4, 0.5) is 5.69 Å². The molecule has 4 nitrogen and oxygen atoms in total. The molecule has 0 aliphatic carbocycles. The quantitative estimate of drug-likeness (QED) is 0.173. The molecule has 1 heterocycles. The Hall–Kier alpha value is -2.49. The molecule has 3 rings (SSSR count). The highest BCUT2D eigenvalue weighted by Gasteiger charge is 2.35. The van der Waals surface area contributed by atoms with Crippen molar-refractivity contribution in [2.75, 3.05) is 12.4 Å². The SMILES string of the molecule is CNc1ccc(C(=O)Oc2c(C)c(C)c3c(c2C)CC[C@@](C)(CCC[C@H](C)CCC[C@H](C)CCCC(C)C)O3)cc1. The lowest BCUT2D eigenvalue weighted by molar-refractivity contribution is 0.0508. The Kier molecular flexibility index (Phi) is 12.2. The van der Waals surface area contributed by atoms with Crippen molar-refractivity contribution in [3.05, 3.63) is 52.1 Å². The minimum Gasteiger partial charge on any atom is -0.487 e. The summed E-state index contributed by atoms with van der Waals surface area (Å²) in [6.45, 7) is 18.0. The molecular formula is C37H57NO3. The second-order valence-electron chi connectivity index (χ2n) is 13.6. The van der Waals surface area contributed by atoms with Crippen LogP contribution in [0, 0.1) is 38.5 Å². The molecule has 2 aromatic rings. The van der Waals surface area contributed by atoms with Gasteiger partial charge in [-0.15, -0.1) is 0 Å². The van der Waals surface area contributed by atoms with Crippen molar-refractivity contribution in [2.24, 2.45) is 17.8 Å². The normalized spacial score (nSPS) is 18.0. The number of carbonyl (C=O) groups is 1. The fourth-order valence-corrected chi connectivity index (χ4v) is 6.34. The fraction of sp³-hybridized carbons (Fsp3) is 0.649. The smallest absolute Gasteiger partial charge is 0.343 e. The second kappa shape index (κ2) is 15.1. The first kappa shape index (κ1) is 33.0. The fourth-order valence-electron chi connectivity index (χ4n) is 6.34. The molecule has 2 aromatic carbocycles. The average Bonchev–Trinajstić information content (AvgIpc) is 2.93. The van der Waals surface area contributed by atoms with Gasteiger partial charge in [0.25, 0.3) is 0 Å². The number of nitrogens with one attached hydrogen (secondary N) is 1. The Labute approximate surface area is 251 Å². The van der Waals surface area contributed by atoms with Crippen LogP contribution in [-0.2, 0) is 6.42 Å². The van der Waals surface area contributed by atoms with E-state index in [0.717, 1.165) is 65.1 Å². The van der Waals surface area contributed by atoms with E-state index in [0.29, 0.717) is 11.3 Å². The highest BCUT2D eigenvalue weighted by Crippen LogP contribution is 2.45. The Morgan fingerprint density at radius 1 is 0.878 bits per heavy atom. The van der Waals surface area contributed by atoms with Crippen molar-refractivity contribution >= 4 is 11.7 Å². The first-order chi connectivity index (χ1) is 19.4. The van der Waals surface area contributed by atoms with Crippen LogP contribution < -0.4 is 14.8 Å².